The van der Waals surface area contributed by atoms with Gasteiger partial charge in [0.2, 0.25) is 0 Å². The molecule has 0 bridgehead atoms. The van der Waals surface area contributed by atoms with Gasteiger partial charge in [0.05, 0.1) is 16.9 Å². The maximum Gasteiger partial charge on any atom is 0.264 e. The molecule has 0 radical (unpaired) electrons. The summed E-state index contributed by atoms with van der Waals surface area (Å²) in [5.41, 5.74) is 0.910. The Morgan fingerprint density at radius 3 is 2.36 bits per heavy atom. The molecule has 1 aromatic carbocycles. The van der Waals surface area contributed by atoms with Gasteiger partial charge in [-0.05, 0) is 37.1 Å². The molecule has 2 N–H and O–H groups in total. The van der Waals surface area contributed by atoms with Crippen molar-refractivity contribution in [3.05, 3.63) is 47.6 Å². The van der Waals surface area contributed by atoms with E-state index in [0.29, 0.717) is 6.04 Å². The summed E-state index contributed by atoms with van der Waals surface area (Å²) < 4.78 is 27.3. The van der Waals surface area contributed by atoms with E-state index in [1.54, 1.807) is 30.5 Å². The Morgan fingerprint density at radius 1 is 1.00 bits per heavy atom. The Morgan fingerprint density at radius 2 is 1.72 bits per heavy atom. The monoisotopic (exact) mass is 379 g/mol. The molecule has 134 valence electrons. The molecule has 1 heterocycles. The number of halogens is 1. The van der Waals surface area contributed by atoms with Crippen LogP contribution in [0.2, 0.25) is 5.02 Å². The summed E-state index contributed by atoms with van der Waals surface area (Å²) in [7, 11) is -3.75. The van der Waals surface area contributed by atoms with Crippen molar-refractivity contribution < 1.29 is 8.42 Å². The van der Waals surface area contributed by atoms with Gasteiger partial charge in [0, 0.05) is 6.04 Å². The van der Waals surface area contributed by atoms with E-state index in [1.165, 1.54) is 44.6 Å². The second-order valence-electron chi connectivity index (χ2n) is 6.30. The van der Waals surface area contributed by atoms with Crippen LogP contribution in [0.3, 0.4) is 0 Å². The number of hydrogen-bond acceptors (Lipinski definition) is 4. The Balaban J connectivity index is 1.67. The van der Waals surface area contributed by atoms with Crippen molar-refractivity contribution in [1.29, 1.82) is 0 Å². The largest absolute Gasteiger partial charge is 0.381 e. The van der Waals surface area contributed by atoms with Gasteiger partial charge >= 0.3 is 0 Å². The Hall–Kier alpha value is -1.79. The average Bonchev–Trinajstić information content (AvgIpc) is 2.85. The molecule has 3 rings (SSSR count). The highest BCUT2D eigenvalue weighted by Gasteiger charge is 2.18. The fraction of sp³-hybridized carbons (Fsp3) is 0.389. The smallest absolute Gasteiger partial charge is 0.264 e. The molecule has 0 saturated heterocycles. The van der Waals surface area contributed by atoms with E-state index in [4.69, 9.17) is 11.6 Å². The minimum atomic E-state index is -3.75. The number of rotatable bonds is 5. The molecule has 25 heavy (non-hydrogen) atoms. The molecule has 0 unspecified atom stereocenters. The summed E-state index contributed by atoms with van der Waals surface area (Å²) in [6, 6.07) is 10.3. The van der Waals surface area contributed by atoms with Crippen molar-refractivity contribution in [1.82, 2.24) is 4.98 Å². The zero-order chi connectivity index (χ0) is 17.7. The normalized spacial score (nSPS) is 16.2. The molecule has 0 atom stereocenters. The second-order valence-corrected chi connectivity index (χ2v) is 8.36. The molecule has 0 spiro atoms. The highest BCUT2D eigenvalue weighted by Crippen LogP contribution is 2.24. The second kappa shape index (κ2) is 8.06. The summed E-state index contributed by atoms with van der Waals surface area (Å²) in [5.74, 6) is 0.270. The van der Waals surface area contributed by atoms with Crippen LogP contribution in [0.15, 0.2) is 47.5 Å². The fourth-order valence-electron chi connectivity index (χ4n) is 3.05. The molecule has 1 saturated carbocycles. The maximum absolute atomic E-state index is 12.4. The van der Waals surface area contributed by atoms with E-state index in [0.717, 1.165) is 5.69 Å². The number of pyridine rings is 1. The minimum Gasteiger partial charge on any atom is -0.381 e. The molecule has 1 fully saturated rings. The van der Waals surface area contributed by atoms with Gasteiger partial charge in [0.25, 0.3) is 10.0 Å². The zero-order valence-corrected chi connectivity index (χ0v) is 15.5. The van der Waals surface area contributed by atoms with E-state index < -0.39 is 10.0 Å². The van der Waals surface area contributed by atoms with Crippen molar-refractivity contribution in [2.75, 3.05) is 10.0 Å². The lowest BCUT2D eigenvalue weighted by Crippen LogP contribution is -2.18. The van der Waals surface area contributed by atoms with Crippen LogP contribution in [-0.4, -0.2) is 19.4 Å². The lowest BCUT2D eigenvalue weighted by molar-refractivity contribution is 0.601. The summed E-state index contributed by atoms with van der Waals surface area (Å²) in [6.45, 7) is 0. The summed E-state index contributed by atoms with van der Waals surface area (Å²) in [5, 5.41) is 3.67. The van der Waals surface area contributed by atoms with Gasteiger partial charge in [-0.25, -0.2) is 13.4 Å². The van der Waals surface area contributed by atoms with Crippen molar-refractivity contribution in [3.63, 3.8) is 0 Å². The van der Waals surface area contributed by atoms with E-state index in [9.17, 15) is 8.42 Å². The molecule has 1 aliphatic carbocycles. The molecule has 1 aromatic heterocycles. The highest BCUT2D eigenvalue weighted by atomic mass is 35.5. The van der Waals surface area contributed by atoms with Gasteiger partial charge in [0.1, 0.15) is 10.7 Å². The van der Waals surface area contributed by atoms with Crippen molar-refractivity contribution in [2.45, 2.75) is 49.5 Å². The third-order valence-corrected chi connectivity index (χ3v) is 6.21. The van der Waals surface area contributed by atoms with Gasteiger partial charge in [-0.2, -0.15) is 0 Å². The van der Waals surface area contributed by atoms with Gasteiger partial charge in [-0.1, -0.05) is 49.4 Å². The number of anilines is 2. The molecule has 2 aromatic rings. The van der Waals surface area contributed by atoms with Crippen LogP contribution in [-0.2, 0) is 10.0 Å². The van der Waals surface area contributed by atoms with Crippen molar-refractivity contribution in [3.8, 4) is 0 Å². The first kappa shape index (κ1) is 18.0. The number of hydrogen-bond donors (Lipinski definition) is 2. The third kappa shape index (κ3) is 4.86. The predicted molar refractivity (Wildman–Crippen MR) is 102 cm³/mol. The first-order valence-corrected chi connectivity index (χ1v) is 10.4. The van der Waals surface area contributed by atoms with Gasteiger partial charge < -0.3 is 5.32 Å². The van der Waals surface area contributed by atoms with Gasteiger partial charge in [-0.15, -0.1) is 0 Å². The lowest BCUT2D eigenvalue weighted by atomic mass is 10.1. The van der Waals surface area contributed by atoms with Gasteiger partial charge in [-0.3, -0.25) is 4.72 Å². The number of sulfonamides is 1. The first-order valence-electron chi connectivity index (χ1n) is 8.54. The zero-order valence-electron chi connectivity index (χ0n) is 13.9. The molecule has 0 aliphatic heterocycles. The summed E-state index contributed by atoms with van der Waals surface area (Å²) in [4.78, 5) is 4.25. The van der Waals surface area contributed by atoms with Crippen LogP contribution >= 0.6 is 11.6 Å². The van der Waals surface area contributed by atoms with Crippen molar-refractivity contribution >= 4 is 33.1 Å². The van der Waals surface area contributed by atoms with Crippen LogP contribution in [0.4, 0.5) is 11.5 Å². The summed E-state index contributed by atoms with van der Waals surface area (Å²) in [6.07, 6.45) is 9.11. The topological polar surface area (TPSA) is 71.1 Å². The average molecular weight is 380 g/mol. The molecule has 5 nitrogen and oxygen atoms in total. The number of aromatic nitrogens is 1. The fourth-order valence-corrected chi connectivity index (χ4v) is 4.58. The van der Waals surface area contributed by atoms with E-state index >= 15 is 0 Å². The molecule has 1 aliphatic rings. The molecular formula is C18H22ClN3O2S. The molecule has 0 amide bonds. The number of nitrogens with zero attached hydrogens (tertiary/aromatic N) is 1. The minimum absolute atomic E-state index is 0.0409. The van der Waals surface area contributed by atoms with Crippen LogP contribution < -0.4 is 10.0 Å². The maximum atomic E-state index is 12.4. The SMILES string of the molecule is O=S(=O)(Nc1ccc(NC2CCCCCC2)cn1)c1ccccc1Cl. The number of nitrogens with one attached hydrogen (secondary N) is 2. The van der Waals surface area contributed by atoms with Crippen LogP contribution in [0, 0.1) is 0 Å². The first-order chi connectivity index (χ1) is 12.0. The van der Waals surface area contributed by atoms with Crippen LogP contribution in [0.25, 0.3) is 0 Å². The highest BCUT2D eigenvalue weighted by molar-refractivity contribution is 7.92. The number of benzene rings is 1. The van der Waals surface area contributed by atoms with Crippen LogP contribution in [0.5, 0.6) is 0 Å². The molecular weight excluding hydrogens is 358 g/mol. The van der Waals surface area contributed by atoms with Crippen molar-refractivity contribution in [2.24, 2.45) is 0 Å². The van der Waals surface area contributed by atoms with Gasteiger partial charge in [0.15, 0.2) is 0 Å². The quantitative estimate of drug-likeness (QED) is 0.740. The summed E-state index contributed by atoms with van der Waals surface area (Å²) >= 11 is 5.97. The predicted octanol–water partition coefficient (Wildman–Crippen LogP) is 4.67. The Kier molecular flexibility index (Phi) is 5.81. The standard InChI is InChI=1S/C18H22ClN3O2S/c19-16-9-5-6-10-17(16)25(23,24)22-18-12-11-15(13-20-18)21-14-7-3-1-2-4-8-14/h5-6,9-14,21H,1-4,7-8H2,(H,20,22). The third-order valence-electron chi connectivity index (χ3n) is 4.35. The van der Waals surface area contributed by atoms with E-state index in [1.807, 2.05) is 6.07 Å². The lowest BCUT2D eigenvalue weighted by Gasteiger charge is -2.17. The Labute approximate surface area is 153 Å². The Bertz CT molecular complexity index is 801. The van der Waals surface area contributed by atoms with E-state index in [2.05, 4.69) is 15.0 Å². The van der Waals surface area contributed by atoms with Crippen LogP contribution in [0.1, 0.15) is 38.5 Å². The molecule has 7 heteroatoms. The van der Waals surface area contributed by atoms with E-state index in [-0.39, 0.29) is 15.7 Å².